The second-order valence-electron chi connectivity index (χ2n) is 6.54. The fourth-order valence-corrected chi connectivity index (χ4v) is 3.39. The Bertz CT molecular complexity index is 1040. The van der Waals surface area contributed by atoms with E-state index in [1.807, 2.05) is 13.8 Å². The molecule has 0 fully saturated rings. The fourth-order valence-electron chi connectivity index (χ4n) is 2.88. The number of nitrogens with one attached hydrogen (secondary N) is 2. The number of aromatic amines is 1. The Labute approximate surface area is 150 Å². The lowest BCUT2D eigenvalue weighted by atomic mass is 10.2. The van der Waals surface area contributed by atoms with E-state index in [9.17, 15) is 18.0 Å². The lowest BCUT2D eigenvalue weighted by Gasteiger charge is -2.33. The zero-order valence-corrected chi connectivity index (χ0v) is 15.3. The molecule has 0 amide bonds. The van der Waals surface area contributed by atoms with Crippen LogP contribution >= 0.6 is 0 Å². The molecule has 2 heterocycles. The Morgan fingerprint density at radius 2 is 1.85 bits per heavy atom. The molecule has 1 aromatic carbocycles. The molecule has 0 atom stereocenters. The van der Waals surface area contributed by atoms with Crippen molar-refractivity contribution in [1.29, 1.82) is 0 Å². The molecule has 1 aliphatic rings. The van der Waals surface area contributed by atoms with Crippen LogP contribution in [0, 0.1) is 0 Å². The Morgan fingerprint density at radius 1 is 1.19 bits per heavy atom. The van der Waals surface area contributed by atoms with Crippen LogP contribution in [0.25, 0.3) is 0 Å². The molecular formula is C16H21N5O4S. The van der Waals surface area contributed by atoms with Crippen molar-refractivity contribution in [1.82, 2.24) is 14.5 Å². The predicted molar refractivity (Wildman–Crippen MR) is 97.4 cm³/mol. The van der Waals surface area contributed by atoms with E-state index in [1.54, 1.807) is 12.1 Å². The van der Waals surface area contributed by atoms with Crippen LogP contribution in [0.15, 0.2) is 38.8 Å². The van der Waals surface area contributed by atoms with Crippen LogP contribution in [0.5, 0.6) is 0 Å². The summed E-state index contributed by atoms with van der Waals surface area (Å²) in [6, 6.07) is 6.21. The standard InChI is InChI=1S/C16H21N5O4S/c1-10(2)20-8-13-14(18-9-20)21(16(23)19-15(13)22)7-11-3-5-12(6-4-11)26(17,24)25/h3-6,10,18H,7-9H2,1-2H3,(H2,17,24,25)(H,19,22,23). The molecule has 2 aromatic rings. The fraction of sp³-hybridized carbons (Fsp3) is 0.375. The van der Waals surface area contributed by atoms with Crippen LogP contribution in [0.4, 0.5) is 5.82 Å². The monoisotopic (exact) mass is 379 g/mol. The molecule has 0 spiro atoms. The van der Waals surface area contributed by atoms with E-state index in [0.29, 0.717) is 30.2 Å². The third kappa shape index (κ3) is 3.57. The first kappa shape index (κ1) is 18.4. The average molecular weight is 379 g/mol. The van der Waals surface area contributed by atoms with Crippen molar-refractivity contribution in [2.75, 3.05) is 12.0 Å². The van der Waals surface area contributed by atoms with Gasteiger partial charge >= 0.3 is 5.69 Å². The maximum absolute atomic E-state index is 12.3. The highest BCUT2D eigenvalue weighted by molar-refractivity contribution is 7.89. The van der Waals surface area contributed by atoms with Crippen LogP contribution in [-0.4, -0.2) is 35.6 Å². The third-order valence-corrected chi connectivity index (χ3v) is 5.36. The molecule has 9 nitrogen and oxygen atoms in total. The Balaban J connectivity index is 1.98. The van der Waals surface area contributed by atoms with Crippen molar-refractivity contribution in [2.45, 2.75) is 37.9 Å². The summed E-state index contributed by atoms with van der Waals surface area (Å²) < 4.78 is 24.1. The molecule has 1 aromatic heterocycles. The summed E-state index contributed by atoms with van der Waals surface area (Å²) in [7, 11) is -3.77. The van der Waals surface area contributed by atoms with Crippen LogP contribution in [0.1, 0.15) is 25.0 Å². The lowest BCUT2D eigenvalue weighted by Crippen LogP contribution is -2.45. The second-order valence-corrected chi connectivity index (χ2v) is 8.10. The van der Waals surface area contributed by atoms with Gasteiger partial charge in [-0.1, -0.05) is 12.1 Å². The summed E-state index contributed by atoms with van der Waals surface area (Å²) in [4.78, 5) is 28.9. The van der Waals surface area contributed by atoms with Gasteiger partial charge in [0.15, 0.2) is 0 Å². The summed E-state index contributed by atoms with van der Waals surface area (Å²) in [6.07, 6.45) is 0. The first-order chi connectivity index (χ1) is 12.2. The highest BCUT2D eigenvalue weighted by atomic mass is 32.2. The molecule has 0 bridgehead atoms. The number of benzene rings is 1. The SMILES string of the molecule is CC(C)N1CNc2c(c(=O)[nH]c(=O)n2Cc2ccc(S(N)(=O)=O)cc2)C1. The van der Waals surface area contributed by atoms with Gasteiger partial charge in [0.05, 0.1) is 23.7 Å². The number of hydrogen-bond acceptors (Lipinski definition) is 6. The zero-order chi connectivity index (χ0) is 19.1. The molecule has 26 heavy (non-hydrogen) atoms. The minimum absolute atomic E-state index is 0.00259. The van der Waals surface area contributed by atoms with Crippen molar-refractivity contribution in [3.63, 3.8) is 0 Å². The van der Waals surface area contributed by atoms with Crippen LogP contribution in [-0.2, 0) is 23.1 Å². The van der Waals surface area contributed by atoms with Gasteiger partial charge < -0.3 is 5.32 Å². The summed E-state index contributed by atoms with van der Waals surface area (Å²) in [6.45, 7) is 5.23. The summed E-state index contributed by atoms with van der Waals surface area (Å²) in [5.74, 6) is 0.492. The molecule has 3 rings (SSSR count). The van der Waals surface area contributed by atoms with Crippen molar-refractivity contribution in [3.05, 3.63) is 56.2 Å². The third-order valence-electron chi connectivity index (χ3n) is 4.43. The Kier molecular flexibility index (Phi) is 4.74. The minimum atomic E-state index is -3.77. The van der Waals surface area contributed by atoms with Gasteiger partial charge in [-0.05, 0) is 31.5 Å². The highest BCUT2D eigenvalue weighted by Crippen LogP contribution is 2.20. The van der Waals surface area contributed by atoms with Gasteiger partial charge in [-0.2, -0.15) is 0 Å². The molecule has 0 radical (unpaired) electrons. The molecule has 0 unspecified atom stereocenters. The molecule has 0 saturated heterocycles. The molecule has 4 N–H and O–H groups in total. The van der Waals surface area contributed by atoms with Crippen molar-refractivity contribution in [3.8, 4) is 0 Å². The van der Waals surface area contributed by atoms with Crippen molar-refractivity contribution >= 4 is 15.8 Å². The van der Waals surface area contributed by atoms with Gasteiger partial charge in [-0.3, -0.25) is 19.2 Å². The van der Waals surface area contributed by atoms with E-state index in [1.165, 1.54) is 16.7 Å². The molecule has 0 aliphatic carbocycles. The van der Waals surface area contributed by atoms with E-state index >= 15 is 0 Å². The maximum Gasteiger partial charge on any atom is 0.330 e. The quantitative estimate of drug-likeness (QED) is 0.676. The number of hydrogen-bond donors (Lipinski definition) is 3. The summed E-state index contributed by atoms with van der Waals surface area (Å²) in [5, 5.41) is 8.24. The molecular weight excluding hydrogens is 358 g/mol. The van der Waals surface area contributed by atoms with Gasteiger partial charge in [-0.25, -0.2) is 18.4 Å². The van der Waals surface area contributed by atoms with Crippen LogP contribution in [0.3, 0.4) is 0 Å². The summed E-state index contributed by atoms with van der Waals surface area (Å²) >= 11 is 0. The largest absolute Gasteiger partial charge is 0.358 e. The van der Waals surface area contributed by atoms with E-state index < -0.39 is 21.3 Å². The number of anilines is 1. The maximum atomic E-state index is 12.3. The number of aromatic nitrogens is 2. The van der Waals surface area contributed by atoms with Gasteiger partial charge in [0.25, 0.3) is 5.56 Å². The molecule has 1 aliphatic heterocycles. The van der Waals surface area contributed by atoms with Crippen molar-refractivity contribution < 1.29 is 8.42 Å². The number of nitrogens with two attached hydrogens (primary N) is 1. The van der Waals surface area contributed by atoms with E-state index in [0.717, 1.165) is 0 Å². The predicted octanol–water partition coefficient (Wildman–Crippen LogP) is -0.174. The van der Waals surface area contributed by atoms with Gasteiger partial charge in [0.2, 0.25) is 10.0 Å². The number of primary sulfonamides is 1. The van der Waals surface area contributed by atoms with Gasteiger partial charge in [0.1, 0.15) is 5.82 Å². The average Bonchev–Trinajstić information content (AvgIpc) is 2.57. The number of sulfonamides is 1. The van der Waals surface area contributed by atoms with Gasteiger partial charge in [0, 0.05) is 12.6 Å². The van der Waals surface area contributed by atoms with E-state index in [4.69, 9.17) is 5.14 Å². The smallest absolute Gasteiger partial charge is 0.330 e. The van der Waals surface area contributed by atoms with Crippen LogP contribution in [0.2, 0.25) is 0 Å². The zero-order valence-electron chi connectivity index (χ0n) is 14.5. The highest BCUT2D eigenvalue weighted by Gasteiger charge is 2.24. The normalized spacial score (nSPS) is 14.9. The molecule has 10 heteroatoms. The number of rotatable bonds is 4. The van der Waals surface area contributed by atoms with Crippen LogP contribution < -0.4 is 21.7 Å². The van der Waals surface area contributed by atoms with E-state index in [-0.39, 0.29) is 17.5 Å². The topological polar surface area (TPSA) is 130 Å². The number of fused-ring (bicyclic) bond motifs is 1. The van der Waals surface area contributed by atoms with Gasteiger partial charge in [-0.15, -0.1) is 0 Å². The Hall–Kier alpha value is -2.43. The summed E-state index contributed by atoms with van der Waals surface area (Å²) in [5.41, 5.74) is 0.297. The van der Waals surface area contributed by atoms with E-state index in [2.05, 4.69) is 15.2 Å². The first-order valence-electron chi connectivity index (χ1n) is 8.12. The number of H-pyrrole nitrogens is 1. The minimum Gasteiger partial charge on any atom is -0.358 e. The second kappa shape index (κ2) is 6.71. The lowest BCUT2D eigenvalue weighted by molar-refractivity contribution is 0.218. The molecule has 140 valence electrons. The number of nitrogens with zero attached hydrogens (tertiary/aromatic N) is 2. The van der Waals surface area contributed by atoms with Crippen molar-refractivity contribution in [2.24, 2.45) is 5.14 Å². The first-order valence-corrected chi connectivity index (χ1v) is 9.67. The molecule has 0 saturated carbocycles. The Morgan fingerprint density at radius 3 is 2.42 bits per heavy atom.